The largest absolute Gasteiger partial charge is 0.478 e. The molecule has 2 N–H and O–H groups in total. The number of rotatable bonds is 4. The lowest BCUT2D eigenvalue weighted by Crippen LogP contribution is -2.43. The summed E-state index contributed by atoms with van der Waals surface area (Å²) in [5.74, 6) is -0.300. The van der Waals surface area contributed by atoms with Crippen LogP contribution < -0.4 is 0 Å². The predicted octanol–water partition coefficient (Wildman–Crippen LogP) is 2.32. The van der Waals surface area contributed by atoms with E-state index >= 15 is 0 Å². The molecule has 0 spiro atoms. The third kappa shape index (κ3) is 3.38. The summed E-state index contributed by atoms with van der Waals surface area (Å²) in [6.07, 6.45) is 1.40. The van der Waals surface area contributed by atoms with Gasteiger partial charge >= 0.3 is 5.97 Å². The fourth-order valence-corrected chi connectivity index (χ4v) is 2.83. The van der Waals surface area contributed by atoms with Gasteiger partial charge in [-0.25, -0.2) is 4.79 Å². The number of nitrogens with zero attached hydrogens (tertiary/aromatic N) is 1. The van der Waals surface area contributed by atoms with Gasteiger partial charge in [-0.05, 0) is 36.5 Å². The van der Waals surface area contributed by atoms with Gasteiger partial charge in [0.25, 0.3) is 0 Å². The van der Waals surface area contributed by atoms with E-state index in [2.05, 4.69) is 18.7 Å². The van der Waals surface area contributed by atoms with Crippen LogP contribution in [0.2, 0.25) is 0 Å². The molecule has 1 aliphatic rings. The molecule has 20 heavy (non-hydrogen) atoms. The minimum Gasteiger partial charge on any atom is -0.478 e. The van der Waals surface area contributed by atoms with Crippen LogP contribution in [-0.4, -0.2) is 40.7 Å². The molecule has 4 heteroatoms. The maximum atomic E-state index is 10.8. The minimum absolute atomic E-state index is 0.259. The van der Waals surface area contributed by atoms with Gasteiger partial charge in [-0.3, -0.25) is 0 Å². The van der Waals surface area contributed by atoms with E-state index in [0.717, 1.165) is 25.2 Å². The summed E-state index contributed by atoms with van der Waals surface area (Å²) in [6.45, 7) is 7.23. The Morgan fingerprint density at radius 1 is 1.25 bits per heavy atom. The van der Waals surface area contributed by atoms with Gasteiger partial charge in [-0.15, -0.1) is 0 Å². The summed E-state index contributed by atoms with van der Waals surface area (Å²) in [5, 5.41) is 19.6. The lowest BCUT2D eigenvalue weighted by atomic mass is 9.84. The van der Waals surface area contributed by atoms with Crippen LogP contribution in [0.3, 0.4) is 0 Å². The number of piperidine rings is 1. The molecule has 0 radical (unpaired) electrons. The lowest BCUT2D eigenvalue weighted by molar-refractivity contribution is -0.0279. The molecule has 1 saturated heterocycles. The standard InChI is InChI=1S/C16H23NO3/c1-12(2)11-17-9-7-16(20,8-10-17)14-5-3-13(4-6-14)15(18)19/h3-6,12,20H,7-11H2,1-2H3,(H,18,19). The van der Waals surface area contributed by atoms with E-state index in [4.69, 9.17) is 5.11 Å². The van der Waals surface area contributed by atoms with Crippen molar-refractivity contribution >= 4 is 5.97 Å². The van der Waals surface area contributed by atoms with E-state index in [1.807, 2.05) is 0 Å². The van der Waals surface area contributed by atoms with Crippen LogP contribution in [0.25, 0.3) is 0 Å². The number of carboxylic acids is 1. The van der Waals surface area contributed by atoms with Gasteiger partial charge in [-0.2, -0.15) is 0 Å². The van der Waals surface area contributed by atoms with Crippen molar-refractivity contribution in [1.82, 2.24) is 4.90 Å². The zero-order chi connectivity index (χ0) is 14.8. The molecule has 110 valence electrons. The molecule has 0 aliphatic carbocycles. The predicted molar refractivity (Wildman–Crippen MR) is 77.8 cm³/mol. The number of hydrogen-bond acceptors (Lipinski definition) is 3. The Kier molecular flexibility index (Phi) is 4.45. The van der Waals surface area contributed by atoms with Crippen molar-refractivity contribution in [3.63, 3.8) is 0 Å². The van der Waals surface area contributed by atoms with Crippen molar-refractivity contribution in [2.75, 3.05) is 19.6 Å². The molecule has 1 aromatic carbocycles. The highest BCUT2D eigenvalue weighted by Crippen LogP contribution is 2.33. The summed E-state index contributed by atoms with van der Waals surface area (Å²) in [5.41, 5.74) is 0.270. The third-order valence-corrected chi connectivity index (χ3v) is 3.98. The molecule has 0 aromatic heterocycles. The van der Waals surface area contributed by atoms with Gasteiger partial charge in [0.05, 0.1) is 11.2 Å². The number of likely N-dealkylation sites (tertiary alicyclic amines) is 1. The first-order valence-electron chi connectivity index (χ1n) is 7.19. The number of carbonyl (C=O) groups is 1. The van der Waals surface area contributed by atoms with Crippen molar-refractivity contribution in [2.45, 2.75) is 32.3 Å². The SMILES string of the molecule is CC(C)CN1CCC(O)(c2ccc(C(=O)O)cc2)CC1. The molecule has 1 heterocycles. The Labute approximate surface area is 120 Å². The molecular formula is C16H23NO3. The zero-order valence-electron chi connectivity index (χ0n) is 12.2. The van der Waals surface area contributed by atoms with E-state index < -0.39 is 11.6 Å². The Balaban J connectivity index is 2.03. The average Bonchev–Trinajstić information content (AvgIpc) is 2.41. The zero-order valence-corrected chi connectivity index (χ0v) is 12.2. The van der Waals surface area contributed by atoms with Gasteiger partial charge in [0.1, 0.15) is 0 Å². The van der Waals surface area contributed by atoms with Crippen molar-refractivity contribution < 1.29 is 15.0 Å². The van der Waals surface area contributed by atoms with E-state index in [9.17, 15) is 9.90 Å². The van der Waals surface area contributed by atoms with Gasteiger partial charge in [0.15, 0.2) is 0 Å². The molecule has 2 rings (SSSR count). The fraction of sp³-hybridized carbons (Fsp3) is 0.562. The first-order valence-corrected chi connectivity index (χ1v) is 7.19. The number of carboxylic acid groups (broad SMARTS) is 1. The molecule has 0 unspecified atom stereocenters. The third-order valence-electron chi connectivity index (χ3n) is 3.98. The number of aromatic carboxylic acids is 1. The van der Waals surface area contributed by atoms with Crippen molar-refractivity contribution in [1.29, 1.82) is 0 Å². The van der Waals surface area contributed by atoms with Crippen LogP contribution >= 0.6 is 0 Å². The molecule has 0 bridgehead atoms. The van der Waals surface area contributed by atoms with E-state index in [0.29, 0.717) is 18.8 Å². The highest BCUT2D eigenvalue weighted by atomic mass is 16.4. The smallest absolute Gasteiger partial charge is 0.335 e. The van der Waals surface area contributed by atoms with Gasteiger partial charge in [-0.1, -0.05) is 26.0 Å². The molecule has 1 fully saturated rings. The second kappa shape index (κ2) is 5.94. The number of benzene rings is 1. The van der Waals surface area contributed by atoms with E-state index in [1.54, 1.807) is 24.3 Å². The van der Waals surface area contributed by atoms with Crippen LogP contribution in [0.1, 0.15) is 42.6 Å². The molecule has 0 atom stereocenters. The maximum absolute atomic E-state index is 10.8. The second-order valence-electron chi connectivity index (χ2n) is 6.11. The molecule has 4 nitrogen and oxygen atoms in total. The monoisotopic (exact) mass is 277 g/mol. The lowest BCUT2D eigenvalue weighted by Gasteiger charge is -2.39. The molecular weight excluding hydrogens is 254 g/mol. The van der Waals surface area contributed by atoms with Crippen molar-refractivity contribution in [3.05, 3.63) is 35.4 Å². The summed E-state index contributed by atoms with van der Waals surface area (Å²) < 4.78 is 0. The quantitative estimate of drug-likeness (QED) is 0.886. The van der Waals surface area contributed by atoms with Crippen LogP contribution in [0.5, 0.6) is 0 Å². The molecule has 1 aromatic rings. The summed E-state index contributed by atoms with van der Waals surface area (Å²) in [6, 6.07) is 6.61. The highest BCUT2D eigenvalue weighted by Gasteiger charge is 2.33. The van der Waals surface area contributed by atoms with Crippen molar-refractivity contribution in [3.8, 4) is 0 Å². The summed E-state index contributed by atoms with van der Waals surface area (Å²) in [7, 11) is 0. The van der Waals surface area contributed by atoms with E-state index in [1.165, 1.54) is 0 Å². The van der Waals surface area contributed by atoms with Crippen LogP contribution in [-0.2, 0) is 5.60 Å². The molecule has 0 amide bonds. The Hall–Kier alpha value is -1.39. The Morgan fingerprint density at radius 3 is 2.25 bits per heavy atom. The first kappa shape index (κ1) is 15.0. The van der Waals surface area contributed by atoms with Crippen LogP contribution in [0, 0.1) is 5.92 Å². The maximum Gasteiger partial charge on any atom is 0.335 e. The molecule has 0 saturated carbocycles. The van der Waals surface area contributed by atoms with Crippen LogP contribution in [0.4, 0.5) is 0 Å². The summed E-state index contributed by atoms with van der Waals surface area (Å²) >= 11 is 0. The normalized spacial score (nSPS) is 19.2. The topological polar surface area (TPSA) is 60.8 Å². The first-order chi connectivity index (χ1) is 9.40. The van der Waals surface area contributed by atoms with Crippen LogP contribution in [0.15, 0.2) is 24.3 Å². The highest BCUT2D eigenvalue weighted by molar-refractivity contribution is 5.87. The van der Waals surface area contributed by atoms with Gasteiger partial charge in [0, 0.05) is 19.6 Å². The Bertz CT molecular complexity index is 459. The number of hydrogen-bond donors (Lipinski definition) is 2. The summed E-state index contributed by atoms with van der Waals surface area (Å²) in [4.78, 5) is 13.2. The Morgan fingerprint density at radius 2 is 1.80 bits per heavy atom. The fourth-order valence-electron chi connectivity index (χ4n) is 2.83. The second-order valence-corrected chi connectivity index (χ2v) is 6.11. The average molecular weight is 277 g/mol. The molecule has 1 aliphatic heterocycles. The van der Waals surface area contributed by atoms with Gasteiger partial charge in [0.2, 0.25) is 0 Å². The minimum atomic E-state index is -0.935. The van der Waals surface area contributed by atoms with Gasteiger partial charge < -0.3 is 15.1 Å². The number of aliphatic hydroxyl groups is 1. The van der Waals surface area contributed by atoms with E-state index in [-0.39, 0.29) is 5.56 Å². The van der Waals surface area contributed by atoms with Crippen molar-refractivity contribution in [2.24, 2.45) is 5.92 Å².